The van der Waals surface area contributed by atoms with E-state index in [0.717, 1.165) is 35.9 Å². The van der Waals surface area contributed by atoms with Gasteiger partial charge < -0.3 is 10.6 Å². The molecule has 0 radical (unpaired) electrons. The van der Waals surface area contributed by atoms with Gasteiger partial charge in [-0.1, -0.05) is 23.9 Å². The molecule has 0 spiro atoms. The number of nitrogens with one attached hydrogen (secondary N) is 2. The van der Waals surface area contributed by atoms with E-state index < -0.39 is 0 Å². The van der Waals surface area contributed by atoms with Gasteiger partial charge in [-0.15, -0.1) is 12.4 Å². The maximum Gasteiger partial charge on any atom is 0.289 e. The summed E-state index contributed by atoms with van der Waals surface area (Å²) in [6.07, 6.45) is 5.25. The van der Waals surface area contributed by atoms with Crippen molar-refractivity contribution in [1.29, 1.82) is 0 Å². The summed E-state index contributed by atoms with van der Waals surface area (Å²) in [5.41, 5.74) is 1.63. The van der Waals surface area contributed by atoms with Crippen LogP contribution in [0.5, 0.6) is 0 Å². The highest BCUT2D eigenvalue weighted by Crippen LogP contribution is 2.32. The Morgan fingerprint density at radius 1 is 1.15 bits per heavy atom. The molecule has 8 heteroatoms. The lowest BCUT2D eigenvalue weighted by molar-refractivity contribution is -0.125. The van der Waals surface area contributed by atoms with Gasteiger partial charge in [0.05, 0.1) is 12.3 Å². The Kier molecular flexibility index (Phi) is 6.44. The van der Waals surface area contributed by atoms with Gasteiger partial charge in [-0.3, -0.25) is 19.3 Å². The molecule has 3 aliphatic rings. The molecule has 0 saturated carbocycles. The first-order chi connectivity index (χ1) is 12.6. The smallest absolute Gasteiger partial charge is 0.289 e. The minimum Gasteiger partial charge on any atom is -0.326 e. The van der Waals surface area contributed by atoms with E-state index >= 15 is 0 Å². The number of benzene rings is 1. The standard InChI is InChI=1S/C19H23N3O3S.ClH/c23-17(9-13-7-15-5-6-16(8-13)20-15)21-14-3-1-12(2-4-14)10-22-18(24)11-26-19(22)25;/h1-4,13,15-16,20H,5-11H2,(H,21,23);1H. The molecule has 2 unspecified atom stereocenters. The van der Waals surface area contributed by atoms with Crippen LogP contribution < -0.4 is 10.6 Å². The third-order valence-electron chi connectivity index (χ3n) is 5.46. The lowest BCUT2D eigenvalue weighted by atomic mass is 9.89. The Bertz CT molecular complexity index is 699. The molecule has 0 aliphatic carbocycles. The molecule has 3 aliphatic heterocycles. The number of halogens is 1. The average molecular weight is 410 g/mol. The van der Waals surface area contributed by atoms with Crippen molar-refractivity contribution in [2.24, 2.45) is 5.92 Å². The second-order valence-electron chi connectivity index (χ2n) is 7.46. The van der Waals surface area contributed by atoms with Crippen molar-refractivity contribution in [1.82, 2.24) is 10.2 Å². The fourth-order valence-electron chi connectivity index (χ4n) is 4.23. The van der Waals surface area contributed by atoms with Gasteiger partial charge in [0.1, 0.15) is 0 Å². The van der Waals surface area contributed by atoms with Crippen LogP contribution in [0.15, 0.2) is 24.3 Å². The first-order valence-corrected chi connectivity index (χ1v) is 10.2. The number of rotatable bonds is 5. The molecule has 2 bridgehead atoms. The number of carbonyl (C=O) groups is 3. The van der Waals surface area contributed by atoms with Crippen LogP contribution in [0, 0.1) is 5.92 Å². The molecule has 6 nitrogen and oxygen atoms in total. The third kappa shape index (κ3) is 4.83. The molecule has 146 valence electrons. The molecule has 1 aromatic rings. The first kappa shape index (κ1) is 20.2. The number of imide groups is 1. The molecule has 27 heavy (non-hydrogen) atoms. The summed E-state index contributed by atoms with van der Waals surface area (Å²) in [4.78, 5) is 36.9. The Labute approximate surface area is 169 Å². The molecule has 3 saturated heterocycles. The zero-order valence-electron chi connectivity index (χ0n) is 15.0. The van der Waals surface area contributed by atoms with E-state index in [1.54, 1.807) is 0 Å². The minimum atomic E-state index is -0.191. The van der Waals surface area contributed by atoms with Crippen LogP contribution in [0.2, 0.25) is 0 Å². The predicted octanol–water partition coefficient (Wildman–Crippen LogP) is 3.16. The van der Waals surface area contributed by atoms with Gasteiger partial charge >= 0.3 is 0 Å². The predicted molar refractivity (Wildman–Crippen MR) is 108 cm³/mol. The van der Waals surface area contributed by atoms with E-state index in [-0.39, 0.29) is 41.8 Å². The average Bonchev–Trinajstić information content (AvgIpc) is 3.12. The first-order valence-electron chi connectivity index (χ1n) is 9.19. The maximum absolute atomic E-state index is 12.3. The molecule has 1 aromatic carbocycles. The fraction of sp³-hybridized carbons (Fsp3) is 0.526. The number of nitrogens with zero attached hydrogens (tertiary/aromatic N) is 1. The van der Waals surface area contributed by atoms with Crippen molar-refractivity contribution in [3.63, 3.8) is 0 Å². The zero-order valence-corrected chi connectivity index (χ0v) is 16.6. The summed E-state index contributed by atoms with van der Waals surface area (Å²) in [6, 6.07) is 8.56. The van der Waals surface area contributed by atoms with Crippen LogP contribution >= 0.6 is 24.2 Å². The molecule has 3 heterocycles. The Hall–Kier alpha value is -1.57. The van der Waals surface area contributed by atoms with Crippen molar-refractivity contribution >= 4 is 46.9 Å². The second-order valence-corrected chi connectivity index (χ2v) is 8.39. The minimum absolute atomic E-state index is 0. The van der Waals surface area contributed by atoms with Gasteiger partial charge in [-0.25, -0.2) is 0 Å². The molecular weight excluding hydrogens is 386 g/mol. The fourth-order valence-corrected chi connectivity index (χ4v) is 4.95. The summed E-state index contributed by atoms with van der Waals surface area (Å²) in [5.74, 6) is 0.613. The van der Waals surface area contributed by atoms with Crippen LogP contribution in [-0.2, 0) is 16.1 Å². The number of amides is 3. The summed E-state index contributed by atoms with van der Waals surface area (Å²) < 4.78 is 0. The van der Waals surface area contributed by atoms with Crippen molar-refractivity contribution in [2.45, 2.75) is 50.7 Å². The van der Waals surface area contributed by atoms with Crippen LogP contribution in [0.4, 0.5) is 10.5 Å². The van der Waals surface area contributed by atoms with E-state index in [9.17, 15) is 14.4 Å². The van der Waals surface area contributed by atoms with E-state index in [4.69, 9.17) is 0 Å². The molecule has 3 fully saturated rings. The number of carbonyl (C=O) groups excluding carboxylic acids is 3. The molecular formula is C19H24ClN3O3S. The van der Waals surface area contributed by atoms with Gasteiger partial charge in [0.25, 0.3) is 5.24 Å². The number of thioether (sulfide) groups is 1. The maximum atomic E-state index is 12.3. The monoisotopic (exact) mass is 409 g/mol. The number of fused-ring (bicyclic) bond motifs is 2. The molecule has 0 aromatic heterocycles. The van der Waals surface area contributed by atoms with Crippen LogP contribution in [0.25, 0.3) is 0 Å². The van der Waals surface area contributed by atoms with Gasteiger partial charge in [0.15, 0.2) is 0 Å². The SMILES string of the molecule is Cl.O=C(CC1CC2CCC(C1)N2)Nc1ccc(CN2C(=O)CSC2=O)cc1. The molecule has 4 rings (SSSR count). The van der Waals surface area contributed by atoms with Gasteiger partial charge in [0.2, 0.25) is 11.8 Å². The number of piperidine rings is 1. The quantitative estimate of drug-likeness (QED) is 0.780. The van der Waals surface area contributed by atoms with E-state index in [1.807, 2.05) is 24.3 Å². The topological polar surface area (TPSA) is 78.5 Å². The molecule has 2 N–H and O–H groups in total. The highest BCUT2D eigenvalue weighted by Gasteiger charge is 2.34. The van der Waals surface area contributed by atoms with Crippen molar-refractivity contribution in [2.75, 3.05) is 11.1 Å². The summed E-state index contributed by atoms with van der Waals surface area (Å²) in [6.45, 7) is 0.288. The van der Waals surface area contributed by atoms with Gasteiger partial charge in [-0.2, -0.15) is 0 Å². The van der Waals surface area contributed by atoms with Crippen molar-refractivity contribution in [3.8, 4) is 0 Å². The molecule has 3 amide bonds. The third-order valence-corrected chi connectivity index (χ3v) is 6.32. The van der Waals surface area contributed by atoms with Crippen LogP contribution in [-0.4, -0.2) is 39.8 Å². The highest BCUT2D eigenvalue weighted by molar-refractivity contribution is 8.14. The number of anilines is 1. The van der Waals surface area contributed by atoms with E-state index in [1.165, 1.54) is 17.7 Å². The second kappa shape index (κ2) is 8.63. The summed E-state index contributed by atoms with van der Waals surface area (Å²) in [7, 11) is 0. The normalized spacial score (nSPS) is 26.8. The van der Waals surface area contributed by atoms with E-state index in [0.29, 0.717) is 24.4 Å². The van der Waals surface area contributed by atoms with Crippen molar-refractivity contribution < 1.29 is 14.4 Å². The zero-order chi connectivity index (χ0) is 18.1. The Morgan fingerprint density at radius 2 is 1.81 bits per heavy atom. The molecule has 2 atom stereocenters. The van der Waals surface area contributed by atoms with Gasteiger partial charge in [0, 0.05) is 24.2 Å². The number of hydrogen-bond acceptors (Lipinski definition) is 5. The summed E-state index contributed by atoms with van der Waals surface area (Å²) in [5, 5.41) is 6.38. The van der Waals surface area contributed by atoms with Crippen LogP contribution in [0.3, 0.4) is 0 Å². The lowest BCUT2D eigenvalue weighted by Crippen LogP contribution is -2.39. The van der Waals surface area contributed by atoms with Crippen LogP contribution in [0.1, 0.15) is 37.7 Å². The lowest BCUT2D eigenvalue weighted by Gasteiger charge is -2.28. The number of hydrogen-bond donors (Lipinski definition) is 2. The Morgan fingerprint density at radius 3 is 2.41 bits per heavy atom. The summed E-state index contributed by atoms with van der Waals surface area (Å²) >= 11 is 1.04. The largest absolute Gasteiger partial charge is 0.326 e. The Balaban J connectivity index is 0.00000210. The van der Waals surface area contributed by atoms with E-state index in [2.05, 4.69) is 10.6 Å². The highest BCUT2D eigenvalue weighted by atomic mass is 35.5. The van der Waals surface area contributed by atoms with Crippen molar-refractivity contribution in [3.05, 3.63) is 29.8 Å². The van der Waals surface area contributed by atoms with Gasteiger partial charge in [-0.05, 0) is 49.3 Å².